The molecule has 3 heteroatoms. The molecule has 96 valence electrons. The summed E-state index contributed by atoms with van der Waals surface area (Å²) in [4.78, 5) is 4.59. The summed E-state index contributed by atoms with van der Waals surface area (Å²) >= 11 is 0. The van der Waals surface area contributed by atoms with Gasteiger partial charge >= 0.3 is 0 Å². The highest BCUT2D eigenvalue weighted by Gasteiger charge is 2.14. The molecule has 0 spiro atoms. The van der Waals surface area contributed by atoms with E-state index < -0.39 is 0 Å². The zero-order chi connectivity index (χ0) is 13.2. The molecule has 3 rings (SSSR count). The summed E-state index contributed by atoms with van der Waals surface area (Å²) in [6.07, 6.45) is 0.988. The van der Waals surface area contributed by atoms with E-state index in [1.165, 1.54) is 6.07 Å². The maximum Gasteiger partial charge on any atom is 0.144 e. The summed E-state index contributed by atoms with van der Waals surface area (Å²) in [7, 11) is 0. The topological polar surface area (TPSA) is 17.8 Å². The largest absolute Gasteiger partial charge is 0.324 e. The molecule has 0 saturated carbocycles. The highest BCUT2D eigenvalue weighted by molar-refractivity contribution is 5.80. The van der Waals surface area contributed by atoms with Gasteiger partial charge in [0.15, 0.2) is 0 Å². The quantitative estimate of drug-likeness (QED) is 0.683. The lowest BCUT2D eigenvalue weighted by molar-refractivity contribution is 0.625. The molecular weight excluding hydrogens is 239 g/mol. The Morgan fingerprint density at radius 3 is 2.58 bits per heavy atom. The average molecular weight is 254 g/mol. The minimum Gasteiger partial charge on any atom is -0.324 e. The SMILES string of the molecule is CCCn1c(-c2ccccc2F)nc2ccccc21. The van der Waals surface area contributed by atoms with Gasteiger partial charge in [-0.1, -0.05) is 31.2 Å². The van der Waals surface area contributed by atoms with E-state index in [0.29, 0.717) is 11.4 Å². The monoisotopic (exact) mass is 254 g/mol. The molecule has 0 unspecified atom stereocenters. The minimum absolute atomic E-state index is 0.227. The molecule has 0 fully saturated rings. The van der Waals surface area contributed by atoms with Crippen molar-refractivity contribution in [3.63, 3.8) is 0 Å². The van der Waals surface area contributed by atoms with Crippen molar-refractivity contribution in [2.75, 3.05) is 0 Å². The number of aromatic nitrogens is 2. The van der Waals surface area contributed by atoms with Crippen molar-refractivity contribution in [3.05, 3.63) is 54.3 Å². The standard InChI is InChI=1S/C16H15FN2/c1-2-11-19-15-10-6-5-9-14(15)18-16(19)12-7-3-4-8-13(12)17/h3-10H,2,11H2,1H3. The average Bonchev–Trinajstić information content (AvgIpc) is 2.79. The van der Waals surface area contributed by atoms with Gasteiger partial charge in [0.05, 0.1) is 16.6 Å². The van der Waals surface area contributed by atoms with E-state index in [1.54, 1.807) is 12.1 Å². The number of imidazole rings is 1. The smallest absolute Gasteiger partial charge is 0.144 e. The molecule has 0 radical (unpaired) electrons. The molecule has 0 amide bonds. The number of aryl methyl sites for hydroxylation is 1. The number of para-hydroxylation sites is 2. The number of fused-ring (bicyclic) bond motifs is 1. The van der Waals surface area contributed by atoms with Gasteiger partial charge in [0.25, 0.3) is 0 Å². The van der Waals surface area contributed by atoms with Crippen LogP contribution in [0.4, 0.5) is 4.39 Å². The van der Waals surface area contributed by atoms with Crippen molar-refractivity contribution in [3.8, 4) is 11.4 Å². The van der Waals surface area contributed by atoms with E-state index in [-0.39, 0.29) is 5.82 Å². The first-order valence-corrected chi connectivity index (χ1v) is 6.51. The Morgan fingerprint density at radius 2 is 1.79 bits per heavy atom. The van der Waals surface area contributed by atoms with Gasteiger partial charge in [0.2, 0.25) is 0 Å². The third-order valence-electron chi connectivity index (χ3n) is 3.22. The summed E-state index contributed by atoms with van der Waals surface area (Å²) in [5, 5.41) is 0. The Kier molecular flexibility index (Phi) is 3.03. The van der Waals surface area contributed by atoms with Crippen LogP contribution >= 0.6 is 0 Å². The molecule has 2 nitrogen and oxygen atoms in total. The van der Waals surface area contributed by atoms with Gasteiger partial charge in [-0.05, 0) is 30.7 Å². The Morgan fingerprint density at radius 1 is 1.05 bits per heavy atom. The van der Waals surface area contributed by atoms with Gasteiger partial charge in [-0.15, -0.1) is 0 Å². The lowest BCUT2D eigenvalue weighted by Crippen LogP contribution is -2.00. The van der Waals surface area contributed by atoms with Crippen LogP contribution in [0.3, 0.4) is 0 Å². The summed E-state index contributed by atoms with van der Waals surface area (Å²) in [6.45, 7) is 2.95. The Labute approximate surface area is 111 Å². The Hall–Kier alpha value is -2.16. The number of benzene rings is 2. The van der Waals surface area contributed by atoms with Crippen LogP contribution in [0.1, 0.15) is 13.3 Å². The molecule has 0 aliphatic heterocycles. The first kappa shape index (κ1) is 11.9. The number of nitrogens with zero attached hydrogens (tertiary/aromatic N) is 2. The van der Waals surface area contributed by atoms with E-state index in [0.717, 1.165) is 24.0 Å². The fourth-order valence-corrected chi connectivity index (χ4v) is 2.37. The predicted molar refractivity (Wildman–Crippen MR) is 75.4 cm³/mol. The highest BCUT2D eigenvalue weighted by Crippen LogP contribution is 2.26. The van der Waals surface area contributed by atoms with Crippen LogP contribution in [0.15, 0.2) is 48.5 Å². The predicted octanol–water partition coefficient (Wildman–Crippen LogP) is 4.25. The lowest BCUT2D eigenvalue weighted by atomic mass is 10.2. The van der Waals surface area contributed by atoms with Crippen molar-refractivity contribution in [1.82, 2.24) is 9.55 Å². The van der Waals surface area contributed by atoms with E-state index in [1.807, 2.05) is 30.3 Å². The fourth-order valence-electron chi connectivity index (χ4n) is 2.37. The third-order valence-corrected chi connectivity index (χ3v) is 3.22. The van der Waals surface area contributed by atoms with E-state index in [2.05, 4.69) is 16.5 Å². The molecule has 0 saturated heterocycles. The fraction of sp³-hybridized carbons (Fsp3) is 0.188. The van der Waals surface area contributed by atoms with Crippen molar-refractivity contribution >= 4 is 11.0 Å². The lowest BCUT2D eigenvalue weighted by Gasteiger charge is -2.08. The van der Waals surface area contributed by atoms with Crippen molar-refractivity contribution in [1.29, 1.82) is 0 Å². The van der Waals surface area contributed by atoms with Gasteiger partial charge in [-0.25, -0.2) is 9.37 Å². The van der Waals surface area contributed by atoms with E-state index >= 15 is 0 Å². The second-order valence-electron chi connectivity index (χ2n) is 4.56. The molecule has 0 aliphatic carbocycles. The molecule has 3 aromatic rings. The highest BCUT2D eigenvalue weighted by atomic mass is 19.1. The van der Waals surface area contributed by atoms with Crippen LogP contribution < -0.4 is 0 Å². The number of hydrogen-bond donors (Lipinski definition) is 0. The zero-order valence-electron chi connectivity index (χ0n) is 10.8. The first-order valence-electron chi connectivity index (χ1n) is 6.51. The summed E-state index contributed by atoms with van der Waals surface area (Å²) < 4.78 is 16.1. The Bertz CT molecular complexity index is 716. The van der Waals surface area contributed by atoms with Crippen LogP contribution in [0.5, 0.6) is 0 Å². The van der Waals surface area contributed by atoms with Gasteiger partial charge < -0.3 is 4.57 Å². The normalized spacial score (nSPS) is 11.1. The van der Waals surface area contributed by atoms with Crippen LogP contribution in [-0.4, -0.2) is 9.55 Å². The zero-order valence-corrected chi connectivity index (χ0v) is 10.8. The van der Waals surface area contributed by atoms with Crippen molar-refractivity contribution in [2.45, 2.75) is 19.9 Å². The number of hydrogen-bond acceptors (Lipinski definition) is 1. The van der Waals surface area contributed by atoms with Crippen LogP contribution in [0, 0.1) is 5.82 Å². The van der Waals surface area contributed by atoms with Gasteiger partial charge in [-0.3, -0.25) is 0 Å². The summed E-state index contributed by atoms with van der Waals surface area (Å²) in [5.74, 6) is 0.483. The molecule has 0 N–H and O–H groups in total. The molecule has 1 heterocycles. The molecule has 2 aromatic carbocycles. The van der Waals surface area contributed by atoms with Gasteiger partial charge in [0.1, 0.15) is 11.6 Å². The number of halogens is 1. The number of rotatable bonds is 3. The molecule has 0 aliphatic rings. The van der Waals surface area contributed by atoms with E-state index in [9.17, 15) is 4.39 Å². The molecular formula is C16H15FN2. The maximum absolute atomic E-state index is 14.0. The maximum atomic E-state index is 14.0. The first-order chi connectivity index (χ1) is 9.31. The van der Waals surface area contributed by atoms with Gasteiger partial charge in [-0.2, -0.15) is 0 Å². The second kappa shape index (κ2) is 4.84. The molecule has 19 heavy (non-hydrogen) atoms. The third kappa shape index (κ3) is 2.01. The molecule has 0 bridgehead atoms. The minimum atomic E-state index is -0.227. The Balaban J connectivity index is 2.28. The van der Waals surface area contributed by atoms with Crippen molar-refractivity contribution < 1.29 is 4.39 Å². The van der Waals surface area contributed by atoms with Crippen LogP contribution in [-0.2, 0) is 6.54 Å². The second-order valence-corrected chi connectivity index (χ2v) is 4.56. The molecule has 1 aromatic heterocycles. The van der Waals surface area contributed by atoms with Crippen LogP contribution in [0.25, 0.3) is 22.4 Å². The summed E-state index contributed by atoms with van der Waals surface area (Å²) in [5.41, 5.74) is 2.53. The van der Waals surface area contributed by atoms with E-state index in [4.69, 9.17) is 0 Å². The van der Waals surface area contributed by atoms with Crippen molar-refractivity contribution in [2.24, 2.45) is 0 Å². The van der Waals surface area contributed by atoms with Crippen LogP contribution in [0.2, 0.25) is 0 Å². The van der Waals surface area contributed by atoms with Gasteiger partial charge in [0, 0.05) is 6.54 Å². The molecule has 0 atom stereocenters. The summed E-state index contributed by atoms with van der Waals surface area (Å²) in [6, 6.07) is 14.7.